The smallest absolute Gasteiger partial charge is 0.307 e. The average Bonchev–Trinajstić information content (AvgIpc) is 2.35. The van der Waals surface area contributed by atoms with Crippen molar-refractivity contribution < 1.29 is 24.2 Å². The van der Waals surface area contributed by atoms with Gasteiger partial charge in [-0.05, 0) is 17.7 Å². The Morgan fingerprint density at radius 2 is 1.95 bits per heavy atom. The van der Waals surface area contributed by atoms with E-state index in [2.05, 4.69) is 0 Å². The predicted molar refractivity (Wildman–Crippen MR) is 69.6 cm³/mol. The van der Waals surface area contributed by atoms with Crippen LogP contribution in [0.3, 0.4) is 0 Å². The minimum Gasteiger partial charge on any atom is -0.490 e. The molecule has 1 aromatic carbocycles. The van der Waals surface area contributed by atoms with E-state index in [0.717, 1.165) is 0 Å². The van der Waals surface area contributed by atoms with Crippen molar-refractivity contribution in [3.05, 3.63) is 29.8 Å². The van der Waals surface area contributed by atoms with Crippen LogP contribution in [0.4, 0.5) is 0 Å². The quantitative estimate of drug-likeness (QED) is 0.612. The standard InChI is InChI=1S/C13H15ClO5/c1-9(15)19-12(7-14)8-18-11-4-2-10(3-5-11)6-13(16)17/h2-5,12H,6-8H2,1H3,(H,16,17). The molecule has 6 heteroatoms. The van der Waals surface area contributed by atoms with Crippen LogP contribution in [-0.4, -0.2) is 35.6 Å². The summed E-state index contributed by atoms with van der Waals surface area (Å²) in [5.41, 5.74) is 0.689. The van der Waals surface area contributed by atoms with Gasteiger partial charge in [0, 0.05) is 6.92 Å². The zero-order chi connectivity index (χ0) is 14.3. The minimum absolute atomic E-state index is 0.0297. The Bertz CT molecular complexity index is 429. The van der Waals surface area contributed by atoms with Gasteiger partial charge in [-0.15, -0.1) is 11.6 Å². The lowest BCUT2D eigenvalue weighted by Crippen LogP contribution is -2.25. The molecule has 0 aromatic heterocycles. The second-order valence-electron chi connectivity index (χ2n) is 3.91. The number of aliphatic carboxylic acids is 1. The lowest BCUT2D eigenvalue weighted by atomic mass is 10.1. The molecule has 0 aliphatic carbocycles. The fraction of sp³-hybridized carbons (Fsp3) is 0.385. The monoisotopic (exact) mass is 286 g/mol. The molecule has 5 nitrogen and oxygen atoms in total. The van der Waals surface area contributed by atoms with Gasteiger partial charge in [-0.1, -0.05) is 12.1 Å². The first kappa shape index (κ1) is 15.3. The van der Waals surface area contributed by atoms with Crippen molar-refractivity contribution in [3.63, 3.8) is 0 Å². The normalized spacial score (nSPS) is 11.7. The summed E-state index contributed by atoms with van der Waals surface area (Å²) in [6.07, 6.45) is -0.532. The Kier molecular flexibility index (Phi) is 6.15. The fourth-order valence-corrected chi connectivity index (χ4v) is 1.56. The Morgan fingerprint density at radius 1 is 1.32 bits per heavy atom. The molecule has 0 bridgehead atoms. The highest BCUT2D eigenvalue weighted by Gasteiger charge is 2.11. The van der Waals surface area contributed by atoms with Crippen LogP contribution >= 0.6 is 11.6 Å². The molecule has 104 valence electrons. The molecular formula is C13H15ClO5. The van der Waals surface area contributed by atoms with E-state index in [1.165, 1.54) is 6.92 Å². The first-order valence-electron chi connectivity index (χ1n) is 5.68. The van der Waals surface area contributed by atoms with Gasteiger partial charge < -0.3 is 14.6 Å². The minimum atomic E-state index is -0.884. The van der Waals surface area contributed by atoms with Gasteiger partial charge in [0.1, 0.15) is 18.5 Å². The number of esters is 1. The van der Waals surface area contributed by atoms with Gasteiger partial charge in [-0.3, -0.25) is 9.59 Å². The third-order valence-electron chi connectivity index (χ3n) is 2.22. The lowest BCUT2D eigenvalue weighted by Gasteiger charge is -2.15. The zero-order valence-electron chi connectivity index (χ0n) is 10.5. The van der Waals surface area contributed by atoms with Crippen molar-refractivity contribution in [1.29, 1.82) is 0 Å². The van der Waals surface area contributed by atoms with E-state index >= 15 is 0 Å². The summed E-state index contributed by atoms with van der Waals surface area (Å²) in [6, 6.07) is 6.67. The summed E-state index contributed by atoms with van der Waals surface area (Å²) in [7, 11) is 0. The highest BCUT2D eigenvalue weighted by molar-refractivity contribution is 6.18. The molecule has 0 heterocycles. The molecule has 0 radical (unpaired) electrons. The summed E-state index contributed by atoms with van der Waals surface area (Å²) in [4.78, 5) is 21.3. The summed E-state index contributed by atoms with van der Waals surface area (Å²) >= 11 is 5.64. The number of alkyl halides is 1. The van der Waals surface area contributed by atoms with Crippen LogP contribution in [0.2, 0.25) is 0 Å². The molecule has 1 rings (SSSR count). The van der Waals surface area contributed by atoms with Crippen LogP contribution in [-0.2, 0) is 20.7 Å². The van der Waals surface area contributed by atoms with E-state index in [1.54, 1.807) is 24.3 Å². The fourth-order valence-electron chi connectivity index (χ4n) is 1.41. The van der Waals surface area contributed by atoms with Gasteiger partial charge in [-0.2, -0.15) is 0 Å². The van der Waals surface area contributed by atoms with Crippen LogP contribution < -0.4 is 4.74 Å². The predicted octanol–water partition coefficient (Wildman–Crippen LogP) is 1.86. The van der Waals surface area contributed by atoms with E-state index in [9.17, 15) is 9.59 Å². The summed E-state index contributed by atoms with van der Waals surface area (Å²) in [5.74, 6) is -0.579. The van der Waals surface area contributed by atoms with Crippen molar-refractivity contribution in [3.8, 4) is 5.75 Å². The maximum atomic E-state index is 10.8. The highest BCUT2D eigenvalue weighted by atomic mass is 35.5. The molecular weight excluding hydrogens is 272 g/mol. The number of ether oxygens (including phenoxy) is 2. The van der Waals surface area contributed by atoms with Crippen molar-refractivity contribution in [2.24, 2.45) is 0 Å². The molecule has 0 aliphatic heterocycles. The molecule has 1 atom stereocenters. The third kappa shape index (κ3) is 6.10. The van der Waals surface area contributed by atoms with Gasteiger partial charge in [-0.25, -0.2) is 0 Å². The molecule has 0 fully saturated rings. The molecule has 1 unspecified atom stereocenters. The van der Waals surface area contributed by atoms with E-state index < -0.39 is 18.0 Å². The third-order valence-corrected chi connectivity index (χ3v) is 2.56. The first-order valence-corrected chi connectivity index (χ1v) is 6.21. The van der Waals surface area contributed by atoms with E-state index in [4.69, 9.17) is 26.2 Å². The Hall–Kier alpha value is -1.75. The Balaban J connectivity index is 2.48. The number of rotatable bonds is 7. The molecule has 0 saturated carbocycles. The number of carbonyl (C=O) groups is 2. The van der Waals surface area contributed by atoms with Crippen LogP contribution in [0.5, 0.6) is 5.75 Å². The van der Waals surface area contributed by atoms with Gasteiger partial charge in [0.25, 0.3) is 0 Å². The molecule has 0 spiro atoms. The van der Waals surface area contributed by atoms with Gasteiger partial charge in [0.2, 0.25) is 0 Å². The molecule has 1 aromatic rings. The highest BCUT2D eigenvalue weighted by Crippen LogP contribution is 2.13. The number of halogens is 1. The number of benzene rings is 1. The molecule has 0 saturated heterocycles. The molecule has 0 aliphatic rings. The Morgan fingerprint density at radius 3 is 2.42 bits per heavy atom. The van der Waals surface area contributed by atoms with Crippen molar-refractivity contribution >= 4 is 23.5 Å². The average molecular weight is 287 g/mol. The second-order valence-corrected chi connectivity index (χ2v) is 4.22. The maximum absolute atomic E-state index is 10.8. The van der Waals surface area contributed by atoms with Gasteiger partial charge in [0.05, 0.1) is 12.3 Å². The van der Waals surface area contributed by atoms with Crippen molar-refractivity contribution in [2.45, 2.75) is 19.4 Å². The zero-order valence-corrected chi connectivity index (χ0v) is 11.2. The maximum Gasteiger partial charge on any atom is 0.307 e. The molecule has 1 N–H and O–H groups in total. The topological polar surface area (TPSA) is 72.8 Å². The second kappa shape index (κ2) is 7.63. The number of carboxylic acid groups (broad SMARTS) is 1. The van der Waals surface area contributed by atoms with Crippen molar-refractivity contribution in [1.82, 2.24) is 0 Å². The van der Waals surface area contributed by atoms with E-state index in [1.807, 2.05) is 0 Å². The van der Waals surface area contributed by atoms with E-state index in [-0.39, 0.29) is 18.9 Å². The van der Waals surface area contributed by atoms with Crippen LogP contribution in [0.25, 0.3) is 0 Å². The number of hydrogen-bond donors (Lipinski definition) is 1. The van der Waals surface area contributed by atoms with Crippen molar-refractivity contribution in [2.75, 3.05) is 12.5 Å². The van der Waals surface area contributed by atoms with Gasteiger partial charge in [0.15, 0.2) is 0 Å². The van der Waals surface area contributed by atoms with Crippen LogP contribution in [0, 0.1) is 0 Å². The summed E-state index contributed by atoms with van der Waals surface area (Å²) < 4.78 is 10.3. The molecule has 19 heavy (non-hydrogen) atoms. The van der Waals surface area contributed by atoms with Crippen LogP contribution in [0.1, 0.15) is 12.5 Å². The summed E-state index contributed by atoms with van der Waals surface area (Å²) in [5, 5.41) is 8.63. The number of carbonyl (C=O) groups excluding carboxylic acids is 1. The Labute approximate surface area is 116 Å². The van der Waals surface area contributed by atoms with E-state index in [0.29, 0.717) is 11.3 Å². The van der Waals surface area contributed by atoms with Crippen LogP contribution in [0.15, 0.2) is 24.3 Å². The lowest BCUT2D eigenvalue weighted by molar-refractivity contribution is -0.146. The SMILES string of the molecule is CC(=O)OC(CCl)COc1ccc(CC(=O)O)cc1. The first-order chi connectivity index (χ1) is 9.01. The number of carboxylic acids is 1. The summed E-state index contributed by atoms with van der Waals surface area (Å²) in [6.45, 7) is 1.46. The number of hydrogen-bond acceptors (Lipinski definition) is 4. The van der Waals surface area contributed by atoms with Gasteiger partial charge >= 0.3 is 11.9 Å². The molecule has 0 amide bonds. The largest absolute Gasteiger partial charge is 0.490 e.